The van der Waals surface area contributed by atoms with Gasteiger partial charge in [-0.25, -0.2) is 0 Å². The number of nitrogens with one attached hydrogen (secondary N) is 1. The molecule has 0 bridgehead atoms. The van der Waals surface area contributed by atoms with Gasteiger partial charge in [-0.05, 0) is 30.9 Å². The van der Waals surface area contributed by atoms with Gasteiger partial charge in [-0.2, -0.15) is 4.98 Å². The lowest BCUT2D eigenvalue weighted by Gasteiger charge is -2.28. The predicted octanol–water partition coefficient (Wildman–Crippen LogP) is 3.13. The van der Waals surface area contributed by atoms with Crippen LogP contribution >= 0.6 is 0 Å². The van der Waals surface area contributed by atoms with Crippen molar-refractivity contribution in [2.75, 3.05) is 11.9 Å². The smallest absolute Gasteiger partial charge is 0.306 e. The first-order valence-corrected chi connectivity index (χ1v) is 7.06. The summed E-state index contributed by atoms with van der Waals surface area (Å²) < 4.78 is 5.59. The molecule has 5 heteroatoms. The minimum absolute atomic E-state index is 0.149. The van der Waals surface area contributed by atoms with Crippen molar-refractivity contribution in [1.29, 1.82) is 0 Å². The van der Waals surface area contributed by atoms with Crippen molar-refractivity contribution in [3.8, 4) is 0 Å². The number of anilines is 1. The minimum atomic E-state index is -0.686. The van der Waals surface area contributed by atoms with Crippen LogP contribution in [0.1, 0.15) is 25.7 Å². The lowest BCUT2D eigenvalue weighted by atomic mass is 9.79. The van der Waals surface area contributed by atoms with Crippen LogP contribution in [0.3, 0.4) is 0 Å². The molecule has 0 unspecified atom stereocenters. The Morgan fingerprint density at radius 1 is 1.35 bits per heavy atom. The summed E-state index contributed by atoms with van der Waals surface area (Å²) in [6, 6.07) is 8.05. The third kappa shape index (κ3) is 2.61. The maximum absolute atomic E-state index is 11.3. The molecule has 20 heavy (non-hydrogen) atoms. The Bertz CT molecular complexity index is 575. The number of benzene rings is 1. The number of carboxylic acids is 1. The zero-order chi connectivity index (χ0) is 13.9. The van der Waals surface area contributed by atoms with Gasteiger partial charge in [-0.15, -0.1) is 0 Å². The van der Waals surface area contributed by atoms with Crippen molar-refractivity contribution < 1.29 is 14.3 Å². The quantitative estimate of drug-likeness (QED) is 0.895. The monoisotopic (exact) mass is 274 g/mol. The van der Waals surface area contributed by atoms with E-state index in [4.69, 9.17) is 4.42 Å². The molecule has 2 N–H and O–H groups in total. The number of carboxylic acid groups (broad SMARTS) is 1. The van der Waals surface area contributed by atoms with Gasteiger partial charge in [-0.1, -0.05) is 25.0 Å². The molecule has 0 spiro atoms. The molecular weight excluding hydrogens is 256 g/mol. The Kier molecular flexibility index (Phi) is 3.58. The van der Waals surface area contributed by atoms with E-state index in [-0.39, 0.29) is 11.8 Å². The molecule has 1 heterocycles. The maximum atomic E-state index is 11.3. The number of oxazole rings is 1. The Balaban J connectivity index is 1.67. The van der Waals surface area contributed by atoms with Crippen LogP contribution in [0.2, 0.25) is 0 Å². The fraction of sp³-hybridized carbons (Fsp3) is 0.467. The predicted molar refractivity (Wildman–Crippen MR) is 75.6 cm³/mol. The van der Waals surface area contributed by atoms with E-state index >= 15 is 0 Å². The van der Waals surface area contributed by atoms with Gasteiger partial charge in [0.1, 0.15) is 5.52 Å². The van der Waals surface area contributed by atoms with Crippen molar-refractivity contribution in [1.82, 2.24) is 4.98 Å². The number of para-hydroxylation sites is 2. The highest BCUT2D eigenvalue weighted by Gasteiger charge is 2.30. The molecule has 0 aliphatic heterocycles. The van der Waals surface area contributed by atoms with Crippen LogP contribution in [0, 0.1) is 11.8 Å². The van der Waals surface area contributed by atoms with Gasteiger partial charge >= 0.3 is 5.97 Å². The van der Waals surface area contributed by atoms with E-state index in [1.807, 2.05) is 24.3 Å². The maximum Gasteiger partial charge on any atom is 0.306 e. The van der Waals surface area contributed by atoms with E-state index in [1.165, 1.54) is 0 Å². The molecule has 0 saturated heterocycles. The van der Waals surface area contributed by atoms with Crippen molar-refractivity contribution in [2.24, 2.45) is 11.8 Å². The van der Waals surface area contributed by atoms with Crippen LogP contribution in [0.25, 0.3) is 11.1 Å². The normalized spacial score (nSPS) is 22.8. The minimum Gasteiger partial charge on any atom is -0.481 e. The van der Waals surface area contributed by atoms with E-state index < -0.39 is 5.97 Å². The summed E-state index contributed by atoms with van der Waals surface area (Å²) in [7, 11) is 0. The highest BCUT2D eigenvalue weighted by molar-refractivity contribution is 5.74. The summed E-state index contributed by atoms with van der Waals surface area (Å²) in [5.41, 5.74) is 1.56. The lowest BCUT2D eigenvalue weighted by Crippen LogP contribution is -2.31. The Hall–Kier alpha value is -2.04. The number of fused-ring (bicyclic) bond motifs is 1. The first-order chi connectivity index (χ1) is 9.74. The van der Waals surface area contributed by atoms with Crippen molar-refractivity contribution >= 4 is 23.1 Å². The number of carbonyl (C=O) groups is 1. The van der Waals surface area contributed by atoms with Crippen LogP contribution in [0.4, 0.5) is 6.01 Å². The van der Waals surface area contributed by atoms with Gasteiger partial charge in [0.05, 0.1) is 5.92 Å². The fourth-order valence-electron chi connectivity index (χ4n) is 2.94. The van der Waals surface area contributed by atoms with Crippen LogP contribution in [-0.4, -0.2) is 22.6 Å². The molecule has 1 aliphatic rings. The van der Waals surface area contributed by atoms with Gasteiger partial charge in [0.2, 0.25) is 0 Å². The first kappa shape index (κ1) is 13.0. The molecule has 1 saturated carbocycles. The van der Waals surface area contributed by atoms with Crippen molar-refractivity contribution in [3.63, 3.8) is 0 Å². The van der Waals surface area contributed by atoms with Gasteiger partial charge in [-0.3, -0.25) is 4.79 Å². The molecule has 1 fully saturated rings. The highest BCUT2D eigenvalue weighted by atomic mass is 16.4. The molecule has 0 radical (unpaired) electrons. The second kappa shape index (κ2) is 5.53. The lowest BCUT2D eigenvalue weighted by molar-refractivity contribution is -0.144. The molecule has 1 aromatic carbocycles. The zero-order valence-corrected chi connectivity index (χ0v) is 11.2. The topological polar surface area (TPSA) is 75.4 Å². The van der Waals surface area contributed by atoms with Crippen LogP contribution < -0.4 is 5.32 Å². The van der Waals surface area contributed by atoms with Crippen LogP contribution in [0.15, 0.2) is 28.7 Å². The zero-order valence-electron chi connectivity index (χ0n) is 11.2. The van der Waals surface area contributed by atoms with E-state index in [2.05, 4.69) is 10.3 Å². The number of rotatable bonds is 4. The number of aromatic nitrogens is 1. The summed E-state index contributed by atoms with van der Waals surface area (Å²) in [6.07, 6.45) is 3.83. The number of nitrogens with zero attached hydrogens (tertiary/aromatic N) is 1. The highest BCUT2D eigenvalue weighted by Crippen LogP contribution is 2.30. The molecule has 5 nitrogen and oxygen atoms in total. The standard InChI is InChI=1S/C15H18N2O3/c18-14(19)11-6-2-1-5-10(11)9-16-15-17-12-7-3-4-8-13(12)20-15/h3-4,7-8,10-11H,1-2,5-6,9H2,(H,16,17)(H,18,19)/t10-,11-/m0/s1. The molecule has 106 valence electrons. The van der Waals surface area contributed by atoms with Crippen LogP contribution in [0.5, 0.6) is 0 Å². The summed E-state index contributed by atoms with van der Waals surface area (Å²) in [6.45, 7) is 0.601. The SMILES string of the molecule is O=C(O)[C@H]1CCCC[C@H]1CNc1nc2ccccc2o1. The third-order valence-electron chi connectivity index (χ3n) is 4.04. The van der Waals surface area contributed by atoms with E-state index in [0.717, 1.165) is 36.8 Å². The Morgan fingerprint density at radius 2 is 2.15 bits per heavy atom. The Labute approximate surface area is 117 Å². The molecule has 0 amide bonds. The number of hydrogen-bond acceptors (Lipinski definition) is 4. The first-order valence-electron chi connectivity index (χ1n) is 7.06. The summed E-state index contributed by atoms with van der Waals surface area (Å²) >= 11 is 0. The third-order valence-corrected chi connectivity index (χ3v) is 4.04. The Morgan fingerprint density at radius 3 is 2.95 bits per heavy atom. The molecule has 2 atom stereocenters. The molecule has 1 aliphatic carbocycles. The van der Waals surface area contributed by atoms with Crippen molar-refractivity contribution in [3.05, 3.63) is 24.3 Å². The fourth-order valence-corrected chi connectivity index (χ4v) is 2.94. The molecular formula is C15H18N2O3. The average Bonchev–Trinajstić information content (AvgIpc) is 2.88. The van der Waals surface area contributed by atoms with Gasteiger partial charge in [0, 0.05) is 6.54 Å². The van der Waals surface area contributed by atoms with E-state index in [1.54, 1.807) is 0 Å². The second-order valence-corrected chi connectivity index (χ2v) is 5.36. The number of aliphatic carboxylic acids is 1. The molecule has 2 aromatic rings. The largest absolute Gasteiger partial charge is 0.481 e. The summed E-state index contributed by atoms with van der Waals surface area (Å²) in [4.78, 5) is 15.6. The summed E-state index contributed by atoms with van der Waals surface area (Å²) in [5.74, 6) is -0.786. The van der Waals surface area contributed by atoms with Crippen LogP contribution in [-0.2, 0) is 4.79 Å². The molecule has 3 rings (SSSR count). The molecule has 1 aromatic heterocycles. The van der Waals surface area contributed by atoms with E-state index in [0.29, 0.717) is 12.6 Å². The van der Waals surface area contributed by atoms with Gasteiger partial charge < -0.3 is 14.8 Å². The summed E-state index contributed by atoms with van der Waals surface area (Å²) in [5, 5.41) is 12.4. The number of hydrogen-bond donors (Lipinski definition) is 2. The van der Waals surface area contributed by atoms with E-state index in [9.17, 15) is 9.90 Å². The second-order valence-electron chi connectivity index (χ2n) is 5.36. The average molecular weight is 274 g/mol. The van der Waals surface area contributed by atoms with Gasteiger partial charge in [0.15, 0.2) is 5.58 Å². The van der Waals surface area contributed by atoms with Gasteiger partial charge in [0.25, 0.3) is 6.01 Å². The van der Waals surface area contributed by atoms with Crippen molar-refractivity contribution in [2.45, 2.75) is 25.7 Å².